The summed E-state index contributed by atoms with van der Waals surface area (Å²) >= 11 is 3.33. The number of anilines is 1. The fraction of sp³-hybridized carbons (Fsp3) is 0.167. The van der Waals surface area contributed by atoms with Crippen LogP contribution in [0.1, 0.15) is 22.8 Å². The lowest BCUT2D eigenvalue weighted by molar-refractivity contribution is -0.116. The zero-order chi connectivity index (χ0) is 17.5. The molecule has 2 aromatic carbocycles. The Balaban J connectivity index is 2.01. The van der Waals surface area contributed by atoms with E-state index in [1.165, 1.54) is 11.8 Å². The van der Waals surface area contributed by atoms with Gasteiger partial charge in [-0.3, -0.25) is 9.59 Å². The van der Waals surface area contributed by atoms with Crippen LogP contribution in [0.3, 0.4) is 0 Å². The van der Waals surface area contributed by atoms with Gasteiger partial charge in [-0.25, -0.2) is 0 Å². The summed E-state index contributed by atoms with van der Waals surface area (Å²) in [4.78, 5) is 25.5. The molecule has 2 amide bonds. The van der Waals surface area contributed by atoms with E-state index in [0.717, 1.165) is 4.47 Å². The summed E-state index contributed by atoms with van der Waals surface area (Å²) in [6.45, 7) is 2.08. The Morgan fingerprint density at radius 3 is 2.62 bits per heavy atom. The van der Waals surface area contributed by atoms with Crippen LogP contribution in [0.5, 0.6) is 0 Å². The molecule has 0 aliphatic heterocycles. The third-order valence-corrected chi connectivity index (χ3v) is 3.87. The molecule has 6 heteroatoms. The molecule has 0 unspecified atom stereocenters. The largest absolute Gasteiger partial charge is 0.350 e. The van der Waals surface area contributed by atoms with Gasteiger partial charge in [0.15, 0.2) is 0 Å². The number of nitrogens with one attached hydrogen (secondary N) is 1. The van der Waals surface area contributed by atoms with Crippen molar-refractivity contribution in [2.45, 2.75) is 6.92 Å². The van der Waals surface area contributed by atoms with Gasteiger partial charge in [-0.05, 0) is 36.4 Å². The van der Waals surface area contributed by atoms with Crippen LogP contribution in [0.25, 0.3) is 0 Å². The lowest BCUT2D eigenvalue weighted by Gasteiger charge is -2.21. The molecule has 2 aromatic rings. The van der Waals surface area contributed by atoms with Gasteiger partial charge in [0.05, 0.1) is 11.6 Å². The van der Waals surface area contributed by atoms with Gasteiger partial charge in [-0.15, -0.1) is 0 Å². The normalized spacial score (nSPS) is 9.88. The van der Waals surface area contributed by atoms with Crippen LogP contribution >= 0.6 is 15.9 Å². The van der Waals surface area contributed by atoms with Crippen molar-refractivity contribution in [3.63, 3.8) is 0 Å². The standard InChI is InChI=1S/C18H16BrN3O2/c1-13(23)22(17-7-2-4-14(10-17)12-20)9-8-21-18(24)15-5-3-6-16(19)11-15/h2-7,10-11H,8-9H2,1H3,(H,21,24). The molecule has 24 heavy (non-hydrogen) atoms. The summed E-state index contributed by atoms with van der Waals surface area (Å²) in [6, 6.07) is 15.9. The van der Waals surface area contributed by atoms with Crippen LogP contribution in [0.2, 0.25) is 0 Å². The minimum Gasteiger partial charge on any atom is -0.350 e. The highest BCUT2D eigenvalue weighted by molar-refractivity contribution is 9.10. The van der Waals surface area contributed by atoms with Crippen molar-refractivity contribution < 1.29 is 9.59 Å². The maximum Gasteiger partial charge on any atom is 0.251 e. The number of carbonyl (C=O) groups is 2. The Morgan fingerprint density at radius 1 is 1.21 bits per heavy atom. The van der Waals surface area contributed by atoms with E-state index >= 15 is 0 Å². The number of hydrogen-bond donors (Lipinski definition) is 1. The van der Waals surface area contributed by atoms with Gasteiger partial charge in [-0.2, -0.15) is 5.26 Å². The average molecular weight is 386 g/mol. The molecule has 0 aliphatic carbocycles. The first-order valence-corrected chi connectivity index (χ1v) is 8.12. The highest BCUT2D eigenvalue weighted by Gasteiger charge is 2.13. The Hall–Kier alpha value is -2.65. The van der Waals surface area contributed by atoms with Crippen LogP contribution in [0.4, 0.5) is 5.69 Å². The summed E-state index contributed by atoms with van der Waals surface area (Å²) in [7, 11) is 0. The number of rotatable bonds is 5. The lowest BCUT2D eigenvalue weighted by atomic mass is 10.2. The SMILES string of the molecule is CC(=O)N(CCNC(=O)c1cccc(Br)c1)c1cccc(C#N)c1. The predicted molar refractivity (Wildman–Crippen MR) is 95.7 cm³/mol. The Morgan fingerprint density at radius 2 is 1.96 bits per heavy atom. The lowest BCUT2D eigenvalue weighted by Crippen LogP contribution is -2.37. The number of amides is 2. The van der Waals surface area contributed by atoms with Crippen molar-refractivity contribution in [1.29, 1.82) is 5.26 Å². The molecule has 0 aromatic heterocycles. The van der Waals surface area contributed by atoms with E-state index in [9.17, 15) is 9.59 Å². The van der Waals surface area contributed by atoms with Crippen molar-refractivity contribution in [3.8, 4) is 6.07 Å². The Bertz CT molecular complexity index is 799. The first kappa shape index (κ1) is 17.7. The van der Waals surface area contributed by atoms with E-state index < -0.39 is 0 Å². The fourth-order valence-electron chi connectivity index (χ4n) is 2.22. The minimum atomic E-state index is -0.203. The van der Waals surface area contributed by atoms with Gasteiger partial charge in [0, 0.05) is 35.7 Å². The monoisotopic (exact) mass is 385 g/mol. The molecular formula is C18H16BrN3O2. The van der Waals surface area contributed by atoms with Crippen molar-refractivity contribution in [2.24, 2.45) is 0 Å². The van der Waals surface area contributed by atoms with Crippen LogP contribution in [0, 0.1) is 11.3 Å². The molecule has 0 aliphatic rings. The van der Waals surface area contributed by atoms with E-state index in [0.29, 0.717) is 29.9 Å². The second kappa shape index (κ2) is 8.27. The van der Waals surface area contributed by atoms with Crippen LogP contribution in [0.15, 0.2) is 53.0 Å². The number of carbonyl (C=O) groups excluding carboxylic acids is 2. The zero-order valence-electron chi connectivity index (χ0n) is 13.1. The number of nitrogens with zero attached hydrogens (tertiary/aromatic N) is 2. The molecule has 0 saturated heterocycles. The maximum atomic E-state index is 12.1. The van der Waals surface area contributed by atoms with E-state index in [2.05, 4.69) is 27.3 Å². The number of hydrogen-bond acceptors (Lipinski definition) is 3. The van der Waals surface area contributed by atoms with Gasteiger partial charge in [-0.1, -0.05) is 28.1 Å². The summed E-state index contributed by atoms with van der Waals surface area (Å²) in [6.07, 6.45) is 0. The van der Waals surface area contributed by atoms with Crippen molar-refractivity contribution in [2.75, 3.05) is 18.0 Å². The quantitative estimate of drug-likeness (QED) is 0.858. The zero-order valence-corrected chi connectivity index (χ0v) is 14.7. The van der Waals surface area contributed by atoms with Crippen LogP contribution in [-0.2, 0) is 4.79 Å². The van der Waals surface area contributed by atoms with Crippen molar-refractivity contribution in [3.05, 3.63) is 64.1 Å². The average Bonchev–Trinajstić information content (AvgIpc) is 2.58. The first-order chi connectivity index (χ1) is 11.5. The minimum absolute atomic E-state index is 0.151. The highest BCUT2D eigenvalue weighted by atomic mass is 79.9. The predicted octanol–water partition coefficient (Wildman–Crippen LogP) is 3.10. The van der Waals surface area contributed by atoms with Gasteiger partial charge in [0.2, 0.25) is 5.91 Å². The highest BCUT2D eigenvalue weighted by Crippen LogP contribution is 2.16. The summed E-state index contributed by atoms with van der Waals surface area (Å²) in [5, 5.41) is 11.8. The topological polar surface area (TPSA) is 73.2 Å². The summed E-state index contributed by atoms with van der Waals surface area (Å²) in [5.74, 6) is -0.354. The number of nitriles is 1. The van der Waals surface area contributed by atoms with E-state index in [4.69, 9.17) is 5.26 Å². The summed E-state index contributed by atoms with van der Waals surface area (Å²) in [5.41, 5.74) is 1.67. The molecule has 5 nitrogen and oxygen atoms in total. The molecular weight excluding hydrogens is 370 g/mol. The maximum absolute atomic E-state index is 12.1. The van der Waals surface area contributed by atoms with E-state index in [-0.39, 0.29) is 11.8 Å². The van der Waals surface area contributed by atoms with E-state index in [1.54, 1.807) is 42.5 Å². The van der Waals surface area contributed by atoms with Crippen molar-refractivity contribution >= 4 is 33.4 Å². The molecule has 0 atom stereocenters. The molecule has 0 spiro atoms. The van der Waals surface area contributed by atoms with Crippen LogP contribution < -0.4 is 10.2 Å². The van der Waals surface area contributed by atoms with Gasteiger partial charge in [0.25, 0.3) is 5.91 Å². The summed E-state index contributed by atoms with van der Waals surface area (Å²) < 4.78 is 0.828. The number of halogens is 1. The molecule has 2 rings (SSSR count). The molecule has 122 valence electrons. The Labute approximate surface area is 149 Å². The smallest absolute Gasteiger partial charge is 0.251 e. The second-order valence-electron chi connectivity index (χ2n) is 5.10. The molecule has 0 saturated carbocycles. The van der Waals surface area contributed by atoms with Crippen molar-refractivity contribution in [1.82, 2.24) is 5.32 Å². The van der Waals surface area contributed by atoms with Gasteiger partial charge >= 0.3 is 0 Å². The molecule has 0 fully saturated rings. The van der Waals surface area contributed by atoms with E-state index in [1.807, 2.05) is 6.07 Å². The molecule has 0 heterocycles. The molecule has 0 radical (unpaired) electrons. The molecule has 0 bridgehead atoms. The fourth-order valence-corrected chi connectivity index (χ4v) is 2.62. The second-order valence-corrected chi connectivity index (χ2v) is 6.01. The number of benzene rings is 2. The molecule has 1 N–H and O–H groups in total. The van der Waals surface area contributed by atoms with Gasteiger partial charge in [0.1, 0.15) is 0 Å². The first-order valence-electron chi connectivity index (χ1n) is 7.33. The third kappa shape index (κ3) is 4.67. The Kier molecular flexibility index (Phi) is 6.10. The van der Waals surface area contributed by atoms with Crippen LogP contribution in [-0.4, -0.2) is 24.9 Å². The van der Waals surface area contributed by atoms with Gasteiger partial charge < -0.3 is 10.2 Å². The third-order valence-electron chi connectivity index (χ3n) is 3.37.